The van der Waals surface area contributed by atoms with E-state index in [0.717, 1.165) is 0 Å². The number of hydrogen-bond acceptors (Lipinski definition) is 7. The van der Waals surface area contributed by atoms with E-state index in [1.54, 1.807) is 13.0 Å². The molecule has 6 atom stereocenters. The molecule has 2 aliphatic heterocycles. The Balaban J connectivity index is 1.83. The lowest BCUT2D eigenvalue weighted by Crippen LogP contribution is -2.60. The maximum Gasteiger partial charge on any atom is 0.310 e. The zero-order chi connectivity index (χ0) is 29.9. The second-order valence-electron chi connectivity index (χ2n) is 11.5. The van der Waals surface area contributed by atoms with Gasteiger partial charge < -0.3 is 30.3 Å². The molecule has 0 aliphatic carbocycles. The molecular formula is C28H39ClN4O7. The van der Waals surface area contributed by atoms with Crippen LogP contribution in [0, 0.1) is 11.3 Å². The Morgan fingerprint density at radius 3 is 2.45 bits per heavy atom. The molecule has 4 amide bonds. The van der Waals surface area contributed by atoms with Gasteiger partial charge in [-0.2, -0.15) is 0 Å². The molecule has 2 aliphatic rings. The maximum atomic E-state index is 14.1. The minimum Gasteiger partial charge on any atom is -0.433 e. The summed E-state index contributed by atoms with van der Waals surface area (Å²) in [5.74, 6) is -2.29. The van der Waals surface area contributed by atoms with Gasteiger partial charge >= 0.3 is 5.97 Å². The van der Waals surface area contributed by atoms with Crippen LogP contribution in [0.5, 0.6) is 0 Å². The molecule has 0 aromatic heterocycles. The van der Waals surface area contributed by atoms with Crippen LogP contribution in [0.25, 0.3) is 0 Å². The molecule has 40 heavy (non-hydrogen) atoms. The average molecular weight is 579 g/mol. The number of nitrogens with one attached hydrogen (secondary N) is 3. The number of anilines is 1. The monoisotopic (exact) mass is 578 g/mol. The first kappa shape index (κ1) is 31.3. The standard InChI is InChI=1S/C28H39ClN4O7/c1-8-39-27-20(13-21(35)40-27)31-25(37)22-14(2)11-15(3)33(22)26(38)23(28(5,6)7)32-24(36)18-10-9-17(12-19(18)29)30-16(4)34/h9-10,12,14-15,20,22-23,27H,8,11,13H2,1-7H3,(H,30,34)(H,31,37)(H,32,36). The van der Waals surface area contributed by atoms with Gasteiger partial charge in [-0.25, -0.2) is 0 Å². The number of esters is 1. The number of carbonyl (C=O) groups is 5. The van der Waals surface area contributed by atoms with Gasteiger partial charge in [-0.15, -0.1) is 0 Å². The third kappa shape index (κ3) is 7.11. The lowest BCUT2D eigenvalue weighted by atomic mass is 9.85. The van der Waals surface area contributed by atoms with Crippen LogP contribution in [0.1, 0.15) is 71.7 Å². The quantitative estimate of drug-likeness (QED) is 0.402. The van der Waals surface area contributed by atoms with Gasteiger partial charge in [0.05, 0.1) is 17.0 Å². The number of hydrogen-bond donors (Lipinski definition) is 3. The fourth-order valence-electron chi connectivity index (χ4n) is 5.29. The van der Waals surface area contributed by atoms with Crippen LogP contribution < -0.4 is 16.0 Å². The van der Waals surface area contributed by atoms with E-state index in [-0.39, 0.29) is 34.9 Å². The SMILES string of the molecule is CCOC1OC(=O)CC1NC(=O)C1C(C)CC(C)N1C(=O)C(NC(=O)c1ccc(NC(C)=O)cc1Cl)C(C)(C)C. The van der Waals surface area contributed by atoms with Gasteiger partial charge in [-0.3, -0.25) is 24.0 Å². The van der Waals surface area contributed by atoms with E-state index in [2.05, 4.69) is 16.0 Å². The van der Waals surface area contributed by atoms with Gasteiger partial charge in [0.1, 0.15) is 18.1 Å². The number of carbonyl (C=O) groups excluding carboxylic acids is 5. The van der Waals surface area contributed by atoms with E-state index in [0.29, 0.717) is 18.7 Å². The van der Waals surface area contributed by atoms with Crippen LogP contribution in [0.15, 0.2) is 18.2 Å². The van der Waals surface area contributed by atoms with Crippen molar-refractivity contribution in [2.75, 3.05) is 11.9 Å². The molecule has 0 bridgehead atoms. The van der Waals surface area contributed by atoms with Crippen molar-refractivity contribution in [3.63, 3.8) is 0 Å². The van der Waals surface area contributed by atoms with Crippen molar-refractivity contribution in [2.24, 2.45) is 11.3 Å². The first-order valence-corrected chi connectivity index (χ1v) is 13.8. The Labute approximate surface area is 239 Å². The zero-order valence-electron chi connectivity index (χ0n) is 24.0. The average Bonchev–Trinajstić information content (AvgIpc) is 3.32. The largest absolute Gasteiger partial charge is 0.433 e. The highest BCUT2D eigenvalue weighted by atomic mass is 35.5. The number of likely N-dealkylation sites (tertiary alicyclic amines) is 1. The summed E-state index contributed by atoms with van der Waals surface area (Å²) in [6, 6.07) is 1.75. The van der Waals surface area contributed by atoms with Gasteiger partial charge in [-0.1, -0.05) is 39.3 Å². The fourth-order valence-corrected chi connectivity index (χ4v) is 5.56. The van der Waals surface area contributed by atoms with Crippen LogP contribution in [0.3, 0.4) is 0 Å². The Kier molecular flexibility index (Phi) is 9.84. The van der Waals surface area contributed by atoms with Crippen LogP contribution >= 0.6 is 11.6 Å². The normalized spacial score (nSPS) is 25.2. The number of amides is 4. The van der Waals surface area contributed by atoms with Gasteiger partial charge in [0.25, 0.3) is 5.91 Å². The molecule has 1 aromatic rings. The van der Waals surface area contributed by atoms with Gasteiger partial charge in [0.15, 0.2) is 0 Å². The second kappa shape index (κ2) is 12.6. The molecule has 2 heterocycles. The molecule has 2 saturated heterocycles. The van der Waals surface area contributed by atoms with Crippen LogP contribution in [0.2, 0.25) is 5.02 Å². The highest BCUT2D eigenvalue weighted by Gasteiger charge is 2.49. The summed E-state index contributed by atoms with van der Waals surface area (Å²) in [6.07, 6.45) is -0.327. The summed E-state index contributed by atoms with van der Waals surface area (Å²) in [4.78, 5) is 65.7. The minimum atomic E-state index is -0.985. The van der Waals surface area contributed by atoms with E-state index < -0.39 is 53.5 Å². The molecule has 12 heteroatoms. The van der Waals surface area contributed by atoms with Crippen molar-refractivity contribution in [1.82, 2.24) is 15.5 Å². The van der Waals surface area contributed by atoms with E-state index in [9.17, 15) is 24.0 Å². The van der Waals surface area contributed by atoms with Crippen molar-refractivity contribution in [2.45, 2.75) is 91.8 Å². The molecule has 11 nitrogen and oxygen atoms in total. The predicted octanol–water partition coefficient (Wildman–Crippen LogP) is 2.86. The third-order valence-electron chi connectivity index (χ3n) is 7.09. The Hall–Kier alpha value is -3.18. The molecule has 0 spiro atoms. The van der Waals surface area contributed by atoms with Crippen molar-refractivity contribution in [1.29, 1.82) is 0 Å². The highest BCUT2D eigenvalue weighted by molar-refractivity contribution is 6.34. The number of cyclic esters (lactones) is 1. The first-order valence-electron chi connectivity index (χ1n) is 13.5. The number of halogens is 1. The van der Waals surface area contributed by atoms with Gasteiger partial charge in [-0.05, 0) is 49.8 Å². The van der Waals surface area contributed by atoms with Crippen LogP contribution in [-0.4, -0.2) is 71.6 Å². The van der Waals surface area contributed by atoms with Crippen LogP contribution in [-0.2, 0) is 28.7 Å². The van der Waals surface area contributed by atoms with Crippen molar-refractivity contribution in [3.8, 4) is 0 Å². The fraction of sp³-hybridized carbons (Fsp3) is 0.607. The lowest BCUT2D eigenvalue weighted by Gasteiger charge is -2.38. The Morgan fingerprint density at radius 2 is 1.88 bits per heavy atom. The second-order valence-corrected chi connectivity index (χ2v) is 11.9. The predicted molar refractivity (Wildman–Crippen MR) is 148 cm³/mol. The van der Waals surface area contributed by atoms with Gasteiger partial charge in [0, 0.05) is 25.3 Å². The topological polar surface area (TPSA) is 143 Å². The molecule has 3 N–H and O–H groups in total. The number of ether oxygens (including phenoxy) is 2. The minimum absolute atomic E-state index is 0.0246. The summed E-state index contributed by atoms with van der Waals surface area (Å²) in [5, 5.41) is 8.40. The molecule has 0 saturated carbocycles. The third-order valence-corrected chi connectivity index (χ3v) is 7.41. The molecule has 3 rings (SSSR count). The van der Waals surface area contributed by atoms with Gasteiger partial charge in [0.2, 0.25) is 24.0 Å². The molecule has 220 valence electrons. The number of benzene rings is 1. The van der Waals surface area contributed by atoms with E-state index in [4.69, 9.17) is 21.1 Å². The molecular weight excluding hydrogens is 540 g/mol. The highest BCUT2D eigenvalue weighted by Crippen LogP contribution is 2.34. The Morgan fingerprint density at radius 1 is 1.20 bits per heavy atom. The molecule has 0 radical (unpaired) electrons. The van der Waals surface area contributed by atoms with Crippen molar-refractivity contribution >= 4 is 46.9 Å². The first-order chi connectivity index (χ1) is 18.6. The van der Waals surface area contributed by atoms with E-state index in [1.807, 2.05) is 34.6 Å². The van der Waals surface area contributed by atoms with Crippen LogP contribution in [0.4, 0.5) is 5.69 Å². The smallest absolute Gasteiger partial charge is 0.310 e. The summed E-state index contributed by atoms with van der Waals surface area (Å²) in [6.45, 7) is 12.7. The molecule has 2 fully saturated rings. The summed E-state index contributed by atoms with van der Waals surface area (Å²) < 4.78 is 10.6. The van der Waals surface area contributed by atoms with E-state index in [1.165, 1.54) is 24.0 Å². The maximum absolute atomic E-state index is 14.1. The zero-order valence-corrected chi connectivity index (χ0v) is 24.8. The number of nitrogens with zero attached hydrogens (tertiary/aromatic N) is 1. The molecule has 6 unspecified atom stereocenters. The summed E-state index contributed by atoms with van der Waals surface area (Å²) in [7, 11) is 0. The Bertz CT molecular complexity index is 1170. The summed E-state index contributed by atoms with van der Waals surface area (Å²) >= 11 is 6.34. The van der Waals surface area contributed by atoms with E-state index >= 15 is 0 Å². The molecule has 1 aromatic carbocycles. The lowest BCUT2D eigenvalue weighted by molar-refractivity contribution is -0.164. The number of rotatable bonds is 8. The summed E-state index contributed by atoms with van der Waals surface area (Å²) in [5.41, 5.74) is -0.136. The van der Waals surface area contributed by atoms with Crippen molar-refractivity contribution in [3.05, 3.63) is 28.8 Å². The van der Waals surface area contributed by atoms with Crippen molar-refractivity contribution < 1.29 is 33.4 Å².